The molecule has 2 aliphatic heterocycles. The smallest absolute Gasteiger partial charge is 0.367 e. The lowest BCUT2D eigenvalue weighted by Crippen LogP contribution is -2.52. The van der Waals surface area contributed by atoms with Gasteiger partial charge in [0, 0.05) is 44.9 Å². The van der Waals surface area contributed by atoms with Crippen molar-refractivity contribution in [3.05, 3.63) is 48.3 Å². The number of piperazine rings is 1. The number of hydrogen-bond acceptors (Lipinski definition) is 8. The number of imide groups is 1. The number of nitrogens with one attached hydrogen (secondary N) is 1. The number of benzene rings is 1. The van der Waals surface area contributed by atoms with E-state index >= 15 is 0 Å². The molecule has 40 heavy (non-hydrogen) atoms. The van der Waals surface area contributed by atoms with Crippen molar-refractivity contribution < 1.29 is 36.0 Å². The van der Waals surface area contributed by atoms with E-state index in [1.807, 2.05) is 7.05 Å². The number of amides is 4. The zero-order chi connectivity index (χ0) is 29.6. The van der Waals surface area contributed by atoms with Crippen molar-refractivity contribution in [2.45, 2.75) is 42.9 Å². The minimum Gasteiger partial charge on any atom is -0.367 e. The molecule has 11 nitrogen and oxygen atoms in total. The third-order valence-corrected chi connectivity index (χ3v) is 8.51. The molecule has 0 bridgehead atoms. The van der Waals surface area contributed by atoms with Gasteiger partial charge in [0.2, 0.25) is 5.91 Å². The van der Waals surface area contributed by atoms with Gasteiger partial charge in [0.15, 0.2) is 0 Å². The summed E-state index contributed by atoms with van der Waals surface area (Å²) in [4.78, 5) is 49.1. The van der Waals surface area contributed by atoms with Crippen LogP contribution in [0.2, 0.25) is 0 Å². The first kappa shape index (κ1) is 29.3. The molecular formula is C25H29F3N6O5S. The summed E-state index contributed by atoms with van der Waals surface area (Å²) in [5.41, 5.74) is -5.95. The Morgan fingerprint density at radius 2 is 1.65 bits per heavy atom. The molecule has 2 aromatic rings. The van der Waals surface area contributed by atoms with Crippen LogP contribution in [0.15, 0.2) is 47.6 Å². The van der Waals surface area contributed by atoms with E-state index in [1.54, 1.807) is 12.3 Å². The molecule has 1 aromatic heterocycles. The van der Waals surface area contributed by atoms with Gasteiger partial charge in [0.05, 0.1) is 22.5 Å². The molecule has 1 N–H and O–H groups in total. The highest BCUT2D eigenvalue weighted by Gasteiger charge is 2.55. The van der Waals surface area contributed by atoms with Gasteiger partial charge in [-0.25, -0.2) is 18.1 Å². The number of sulfone groups is 1. The second-order valence-electron chi connectivity index (χ2n) is 10.1. The zero-order valence-electron chi connectivity index (χ0n) is 22.3. The molecule has 0 aliphatic carbocycles. The van der Waals surface area contributed by atoms with Gasteiger partial charge in [-0.3, -0.25) is 19.5 Å². The van der Waals surface area contributed by atoms with Gasteiger partial charge < -0.3 is 15.1 Å². The summed E-state index contributed by atoms with van der Waals surface area (Å²) in [5.74, 6) is -1.18. The second-order valence-corrected chi connectivity index (χ2v) is 12.1. The average Bonchev–Trinajstić information content (AvgIpc) is 3.05. The van der Waals surface area contributed by atoms with Crippen LogP contribution in [-0.4, -0.2) is 85.3 Å². The molecule has 1 aromatic carbocycles. The van der Waals surface area contributed by atoms with E-state index in [-0.39, 0.29) is 5.69 Å². The Morgan fingerprint density at radius 1 is 1.05 bits per heavy atom. The van der Waals surface area contributed by atoms with Gasteiger partial charge in [0.1, 0.15) is 11.7 Å². The highest BCUT2D eigenvalue weighted by atomic mass is 32.2. The fraction of sp³-hybridized carbons (Fsp3) is 0.440. The molecule has 4 rings (SSSR count). The van der Waals surface area contributed by atoms with Crippen molar-refractivity contribution in [1.82, 2.24) is 20.1 Å². The van der Waals surface area contributed by atoms with Gasteiger partial charge in [-0.05, 0) is 51.2 Å². The van der Waals surface area contributed by atoms with Crippen molar-refractivity contribution in [3.63, 3.8) is 0 Å². The fourth-order valence-electron chi connectivity index (χ4n) is 4.79. The van der Waals surface area contributed by atoms with Crippen molar-refractivity contribution in [2.24, 2.45) is 0 Å². The predicted molar refractivity (Wildman–Crippen MR) is 139 cm³/mol. The maximum atomic E-state index is 13.8. The van der Waals surface area contributed by atoms with E-state index in [0.29, 0.717) is 36.5 Å². The quantitative estimate of drug-likeness (QED) is 0.516. The summed E-state index contributed by atoms with van der Waals surface area (Å²) in [7, 11) is -3.62. The number of pyridine rings is 1. The number of carbonyl (C=O) groups excluding carboxylic acids is 3. The summed E-state index contributed by atoms with van der Waals surface area (Å²) in [6.45, 7) is 7.13. The molecule has 4 amide bonds. The normalized spacial score (nSPS) is 19.2. The lowest BCUT2D eigenvalue weighted by molar-refractivity contribution is -0.126. The number of likely N-dealkylation sites (N-methyl/N-ethyl adjacent to an activating group) is 1. The first-order valence-electron chi connectivity index (χ1n) is 12.3. The Morgan fingerprint density at radius 3 is 2.20 bits per heavy atom. The molecule has 216 valence electrons. The summed E-state index contributed by atoms with van der Waals surface area (Å²) in [6, 6.07) is 4.11. The Balaban J connectivity index is 1.75. The van der Waals surface area contributed by atoms with E-state index in [1.165, 1.54) is 31.9 Å². The first-order chi connectivity index (χ1) is 18.6. The van der Waals surface area contributed by atoms with Gasteiger partial charge in [0.25, 0.3) is 15.7 Å². The van der Waals surface area contributed by atoms with Crippen LogP contribution in [0.4, 0.5) is 29.3 Å². The van der Waals surface area contributed by atoms with Crippen LogP contribution in [-0.2, 0) is 19.4 Å². The van der Waals surface area contributed by atoms with E-state index < -0.39 is 49.8 Å². The number of rotatable bonds is 6. The van der Waals surface area contributed by atoms with Crippen LogP contribution in [0, 0.1) is 0 Å². The minimum absolute atomic E-state index is 0.123. The Bertz CT molecular complexity index is 1420. The molecule has 1 unspecified atom stereocenters. The van der Waals surface area contributed by atoms with E-state index in [4.69, 9.17) is 0 Å². The number of anilines is 2. The molecule has 0 saturated carbocycles. The summed E-state index contributed by atoms with van der Waals surface area (Å²) in [5, 5.41) is 2.77. The Labute approximate surface area is 229 Å². The zero-order valence-corrected chi connectivity index (χ0v) is 23.1. The molecule has 1 atom stereocenters. The largest absolute Gasteiger partial charge is 0.501 e. The number of aromatic nitrogens is 1. The molecule has 2 aliphatic rings. The number of hydrogen-bond donors (Lipinski definition) is 1. The predicted octanol–water partition coefficient (Wildman–Crippen LogP) is 2.51. The van der Waals surface area contributed by atoms with Crippen LogP contribution < -0.4 is 15.1 Å². The first-order valence-corrected chi connectivity index (χ1v) is 13.8. The van der Waals surface area contributed by atoms with Crippen molar-refractivity contribution in [3.8, 4) is 0 Å². The SMILES string of the molecule is CC(=O)NC(c1ccncc1N1CCN(C)CC1)N1C(=O)N(c2ccc(S(=O)(=O)C(F)(F)F)cc2)C(=O)C1(C)C. The number of halogens is 3. The number of alkyl halides is 3. The van der Waals surface area contributed by atoms with Gasteiger partial charge in [-0.15, -0.1) is 0 Å². The fourth-order valence-corrected chi connectivity index (χ4v) is 5.55. The highest BCUT2D eigenvalue weighted by Crippen LogP contribution is 2.40. The molecule has 0 radical (unpaired) electrons. The lowest BCUT2D eigenvalue weighted by Gasteiger charge is -2.39. The second kappa shape index (κ2) is 10.4. The van der Waals surface area contributed by atoms with Gasteiger partial charge in [-0.2, -0.15) is 13.2 Å². The van der Waals surface area contributed by atoms with Gasteiger partial charge >= 0.3 is 11.5 Å². The highest BCUT2D eigenvalue weighted by molar-refractivity contribution is 7.92. The van der Waals surface area contributed by atoms with E-state index in [0.717, 1.165) is 30.1 Å². The number of carbonyl (C=O) groups is 3. The van der Waals surface area contributed by atoms with Crippen molar-refractivity contribution in [2.75, 3.05) is 43.0 Å². The third-order valence-electron chi connectivity index (χ3n) is 7.01. The molecule has 15 heteroatoms. The van der Waals surface area contributed by atoms with Crippen LogP contribution in [0.1, 0.15) is 32.5 Å². The summed E-state index contributed by atoms with van der Waals surface area (Å²) < 4.78 is 62.5. The number of nitrogens with zero attached hydrogens (tertiary/aromatic N) is 5. The van der Waals surface area contributed by atoms with E-state index in [2.05, 4.69) is 20.1 Å². The lowest BCUT2D eigenvalue weighted by atomic mass is 10.00. The van der Waals surface area contributed by atoms with Crippen molar-refractivity contribution >= 4 is 39.1 Å². The van der Waals surface area contributed by atoms with Crippen LogP contribution in [0.25, 0.3) is 0 Å². The van der Waals surface area contributed by atoms with Crippen molar-refractivity contribution in [1.29, 1.82) is 0 Å². The van der Waals surface area contributed by atoms with Crippen LogP contribution >= 0.6 is 0 Å². The maximum Gasteiger partial charge on any atom is 0.501 e. The van der Waals surface area contributed by atoms with Crippen LogP contribution in [0.3, 0.4) is 0 Å². The number of urea groups is 1. The molecule has 2 saturated heterocycles. The average molecular weight is 583 g/mol. The third kappa shape index (κ3) is 5.10. The molecular weight excluding hydrogens is 553 g/mol. The topological polar surface area (TPSA) is 123 Å². The monoisotopic (exact) mass is 582 g/mol. The Hall–Kier alpha value is -3.72. The molecule has 0 spiro atoms. The molecule has 3 heterocycles. The van der Waals surface area contributed by atoms with Crippen LogP contribution in [0.5, 0.6) is 0 Å². The minimum atomic E-state index is -5.62. The molecule has 2 fully saturated rings. The maximum absolute atomic E-state index is 13.8. The standard InChI is InChI=1S/C25H29F3N6O5S/c1-16(35)30-21(19-9-10-29-15-20(19)32-13-11-31(4)12-14-32)34-23(37)33(22(36)24(34,2)3)17-5-7-18(8-6-17)40(38,39)25(26,27)28/h5-10,15,21H,11-14H2,1-4H3,(H,30,35). The Kier molecular flexibility index (Phi) is 7.58. The van der Waals surface area contributed by atoms with E-state index in [9.17, 15) is 36.0 Å². The summed E-state index contributed by atoms with van der Waals surface area (Å²) in [6.07, 6.45) is 2.04. The van der Waals surface area contributed by atoms with Gasteiger partial charge in [-0.1, -0.05) is 0 Å². The summed E-state index contributed by atoms with van der Waals surface area (Å²) >= 11 is 0.